The third kappa shape index (κ3) is 7.96. The number of carboxylic acids is 1. The van der Waals surface area contributed by atoms with Crippen molar-refractivity contribution >= 4 is 12.0 Å². The number of aliphatic carboxylic acids is 1. The number of imidazole rings is 1. The van der Waals surface area contributed by atoms with Crippen molar-refractivity contribution in [1.29, 1.82) is 0 Å². The first kappa shape index (κ1) is 17.0. The van der Waals surface area contributed by atoms with Gasteiger partial charge in [0.15, 0.2) is 0 Å². The normalized spacial score (nSPS) is 12.7. The molecule has 0 saturated heterocycles. The Hall–Kier alpha value is -2.05. The van der Waals surface area contributed by atoms with Gasteiger partial charge >= 0.3 is 12.0 Å². The number of carboxylic acid groups (broad SMARTS) is 1. The number of hydrogen-bond donors (Lipinski definition) is 4. The molecule has 2 amide bonds. The van der Waals surface area contributed by atoms with Crippen LogP contribution in [0, 0.1) is 5.41 Å². The third-order valence-corrected chi connectivity index (χ3v) is 2.82. The molecule has 0 saturated carbocycles. The molecule has 21 heavy (non-hydrogen) atoms. The molecule has 0 aliphatic heterocycles. The highest BCUT2D eigenvalue weighted by Crippen LogP contribution is 2.22. The molecular weight excluding hydrogens is 272 g/mol. The summed E-state index contributed by atoms with van der Waals surface area (Å²) < 4.78 is 0. The summed E-state index contributed by atoms with van der Waals surface area (Å²) in [5.41, 5.74) is -0.0540. The lowest BCUT2D eigenvalue weighted by Crippen LogP contribution is -2.45. The van der Waals surface area contributed by atoms with Gasteiger partial charge in [-0.15, -0.1) is 0 Å². The predicted octanol–water partition coefficient (Wildman–Crippen LogP) is 1.53. The molecule has 1 aromatic heterocycles. The van der Waals surface area contributed by atoms with E-state index in [1.54, 1.807) is 12.4 Å². The van der Waals surface area contributed by atoms with Gasteiger partial charge in [0, 0.05) is 31.4 Å². The Morgan fingerprint density at radius 2 is 2.14 bits per heavy atom. The van der Waals surface area contributed by atoms with E-state index in [1.807, 2.05) is 20.8 Å². The second-order valence-electron chi connectivity index (χ2n) is 6.25. The summed E-state index contributed by atoms with van der Waals surface area (Å²) in [4.78, 5) is 29.7. The fourth-order valence-electron chi connectivity index (χ4n) is 2.09. The first-order valence-corrected chi connectivity index (χ1v) is 7.01. The molecule has 1 atom stereocenters. The number of urea groups is 1. The van der Waals surface area contributed by atoms with Crippen LogP contribution in [0.3, 0.4) is 0 Å². The van der Waals surface area contributed by atoms with Crippen LogP contribution in [0.15, 0.2) is 12.4 Å². The largest absolute Gasteiger partial charge is 0.481 e. The Kier molecular flexibility index (Phi) is 6.20. The quantitative estimate of drug-likeness (QED) is 0.612. The molecular formula is C14H24N4O3. The summed E-state index contributed by atoms with van der Waals surface area (Å²) in [7, 11) is 0. The zero-order valence-corrected chi connectivity index (χ0v) is 12.8. The van der Waals surface area contributed by atoms with Crippen LogP contribution in [-0.4, -0.2) is 39.7 Å². The van der Waals surface area contributed by atoms with Gasteiger partial charge in [0.05, 0.1) is 6.42 Å². The Bertz CT molecular complexity index is 451. The first-order valence-electron chi connectivity index (χ1n) is 7.01. The van der Waals surface area contributed by atoms with Crippen LogP contribution in [0.1, 0.15) is 39.4 Å². The maximum Gasteiger partial charge on any atom is 0.315 e. The first-order chi connectivity index (χ1) is 9.76. The van der Waals surface area contributed by atoms with E-state index in [0.29, 0.717) is 19.4 Å². The molecule has 0 aromatic carbocycles. The summed E-state index contributed by atoms with van der Waals surface area (Å²) in [6, 6.07) is -0.733. The molecule has 1 aromatic rings. The van der Waals surface area contributed by atoms with Crippen LogP contribution in [0.5, 0.6) is 0 Å². The minimum atomic E-state index is -0.917. The highest BCUT2D eigenvalue weighted by atomic mass is 16.4. The number of carbonyl (C=O) groups excluding carboxylic acids is 1. The van der Waals surface area contributed by atoms with E-state index >= 15 is 0 Å². The average molecular weight is 296 g/mol. The second kappa shape index (κ2) is 7.66. The summed E-state index contributed by atoms with van der Waals surface area (Å²) in [6.45, 7) is 6.48. The maximum absolute atomic E-state index is 11.8. The number of aromatic nitrogens is 2. The number of H-pyrrole nitrogens is 1. The summed E-state index contributed by atoms with van der Waals surface area (Å²) >= 11 is 0. The smallest absolute Gasteiger partial charge is 0.315 e. The van der Waals surface area contributed by atoms with Crippen molar-refractivity contribution in [1.82, 2.24) is 20.6 Å². The standard InChI is InChI=1S/C14H24N4O3/c1-14(2,3)9-10(8-12(19)20)18-13(21)17-5-4-11-15-6-7-16-11/h6-7,10H,4-5,8-9H2,1-3H3,(H,15,16)(H,19,20)(H2,17,18,21). The summed E-state index contributed by atoms with van der Waals surface area (Å²) in [6.07, 6.45) is 4.50. The number of amides is 2. The van der Waals surface area contributed by atoms with Gasteiger partial charge in [0.25, 0.3) is 0 Å². The highest BCUT2D eigenvalue weighted by molar-refractivity contribution is 5.75. The highest BCUT2D eigenvalue weighted by Gasteiger charge is 2.22. The van der Waals surface area contributed by atoms with E-state index in [9.17, 15) is 9.59 Å². The molecule has 1 heterocycles. The Balaban J connectivity index is 2.38. The van der Waals surface area contributed by atoms with Crippen LogP contribution >= 0.6 is 0 Å². The Morgan fingerprint density at radius 1 is 1.43 bits per heavy atom. The molecule has 0 aliphatic rings. The van der Waals surface area contributed by atoms with Gasteiger partial charge < -0.3 is 20.7 Å². The molecule has 4 N–H and O–H groups in total. The van der Waals surface area contributed by atoms with Crippen molar-refractivity contribution in [3.05, 3.63) is 18.2 Å². The van der Waals surface area contributed by atoms with Crippen molar-refractivity contribution < 1.29 is 14.7 Å². The second-order valence-corrected chi connectivity index (χ2v) is 6.25. The van der Waals surface area contributed by atoms with Crippen LogP contribution in [0.25, 0.3) is 0 Å². The van der Waals surface area contributed by atoms with E-state index < -0.39 is 5.97 Å². The fourth-order valence-corrected chi connectivity index (χ4v) is 2.09. The molecule has 0 bridgehead atoms. The predicted molar refractivity (Wildman–Crippen MR) is 78.9 cm³/mol. The van der Waals surface area contributed by atoms with Crippen molar-refractivity contribution in [2.45, 2.75) is 46.1 Å². The van der Waals surface area contributed by atoms with Crippen LogP contribution in [0.2, 0.25) is 0 Å². The number of carbonyl (C=O) groups is 2. The number of nitrogens with zero attached hydrogens (tertiary/aromatic N) is 1. The number of rotatable bonds is 7. The van der Waals surface area contributed by atoms with Gasteiger partial charge in [-0.25, -0.2) is 9.78 Å². The average Bonchev–Trinajstić information content (AvgIpc) is 2.78. The molecule has 7 nitrogen and oxygen atoms in total. The fraction of sp³-hybridized carbons (Fsp3) is 0.643. The SMILES string of the molecule is CC(C)(C)CC(CC(=O)O)NC(=O)NCCc1ncc[nH]1. The monoisotopic (exact) mass is 296 g/mol. The van der Waals surface area contributed by atoms with Crippen LogP contribution in [0.4, 0.5) is 4.79 Å². The van der Waals surface area contributed by atoms with Crippen LogP contribution in [-0.2, 0) is 11.2 Å². The molecule has 118 valence electrons. The van der Waals surface area contributed by atoms with Crippen molar-refractivity contribution in [2.24, 2.45) is 5.41 Å². The van der Waals surface area contributed by atoms with Gasteiger partial charge in [-0.05, 0) is 11.8 Å². The zero-order chi connectivity index (χ0) is 15.9. The van der Waals surface area contributed by atoms with Gasteiger partial charge in [-0.2, -0.15) is 0 Å². The van der Waals surface area contributed by atoms with E-state index in [-0.39, 0.29) is 23.9 Å². The van der Waals surface area contributed by atoms with Gasteiger partial charge in [0.1, 0.15) is 5.82 Å². The molecule has 0 radical (unpaired) electrons. The molecule has 1 unspecified atom stereocenters. The van der Waals surface area contributed by atoms with Gasteiger partial charge in [0.2, 0.25) is 0 Å². The Morgan fingerprint density at radius 3 is 2.67 bits per heavy atom. The molecule has 0 fully saturated rings. The maximum atomic E-state index is 11.8. The van der Waals surface area contributed by atoms with Crippen molar-refractivity contribution in [3.63, 3.8) is 0 Å². The minimum absolute atomic E-state index is 0.0540. The zero-order valence-electron chi connectivity index (χ0n) is 12.8. The van der Waals surface area contributed by atoms with E-state index in [1.165, 1.54) is 0 Å². The Labute approximate surface area is 124 Å². The van der Waals surface area contributed by atoms with E-state index in [2.05, 4.69) is 20.6 Å². The van der Waals surface area contributed by atoms with Gasteiger partial charge in [-0.1, -0.05) is 20.8 Å². The summed E-state index contributed by atoms with van der Waals surface area (Å²) in [5, 5.41) is 14.3. The van der Waals surface area contributed by atoms with E-state index in [0.717, 1.165) is 5.82 Å². The molecule has 0 spiro atoms. The lowest BCUT2D eigenvalue weighted by atomic mass is 9.87. The molecule has 0 aliphatic carbocycles. The summed E-state index contributed by atoms with van der Waals surface area (Å²) in [5.74, 6) is -0.118. The van der Waals surface area contributed by atoms with Crippen molar-refractivity contribution in [2.75, 3.05) is 6.54 Å². The van der Waals surface area contributed by atoms with Crippen molar-refractivity contribution in [3.8, 4) is 0 Å². The number of aromatic amines is 1. The van der Waals surface area contributed by atoms with Crippen LogP contribution < -0.4 is 10.6 Å². The lowest BCUT2D eigenvalue weighted by molar-refractivity contribution is -0.137. The van der Waals surface area contributed by atoms with E-state index in [4.69, 9.17) is 5.11 Å². The number of hydrogen-bond acceptors (Lipinski definition) is 3. The topological polar surface area (TPSA) is 107 Å². The minimum Gasteiger partial charge on any atom is -0.481 e. The molecule has 1 rings (SSSR count). The van der Waals surface area contributed by atoms with Gasteiger partial charge in [-0.3, -0.25) is 4.79 Å². The molecule has 7 heteroatoms. The lowest BCUT2D eigenvalue weighted by Gasteiger charge is -2.25. The third-order valence-electron chi connectivity index (χ3n) is 2.82. The number of nitrogens with one attached hydrogen (secondary N) is 3.